The molecule has 0 aromatic carbocycles. The molecular weight excluding hydrogens is 668 g/mol. The molecule has 14 heteroatoms. The lowest BCUT2D eigenvalue weighted by atomic mass is 10.0. The molecule has 0 aliphatic heterocycles. The number of ether oxygens (including phenoxy) is 4. The number of carbonyl (C=O) groups is 4. The minimum atomic E-state index is -0.471. The molecule has 0 aliphatic carbocycles. The van der Waals surface area contributed by atoms with Gasteiger partial charge in [0.2, 0.25) is 0 Å². The molecule has 0 heterocycles. The fraction of sp³-hybridized carbons (Fsp3) is 0.889. The van der Waals surface area contributed by atoms with Gasteiger partial charge in [0, 0.05) is 12.5 Å². The monoisotopic (exact) mass is 747 g/mol. The summed E-state index contributed by atoms with van der Waals surface area (Å²) in [7, 11) is 7.60. The Hall–Kier alpha value is -2.03. The molecule has 0 aliphatic rings. The summed E-state index contributed by atoms with van der Waals surface area (Å²) in [6.45, 7) is 25.7. The van der Waals surface area contributed by atoms with E-state index in [4.69, 9.17) is 30.8 Å². The quantitative estimate of drug-likeness (QED) is 0.0747. The van der Waals surface area contributed by atoms with Crippen LogP contribution >= 0.6 is 12.4 Å². The normalized spacial score (nSPS) is 12.7. The van der Waals surface area contributed by atoms with Crippen LogP contribution in [0.2, 0.25) is 0 Å². The van der Waals surface area contributed by atoms with Gasteiger partial charge in [-0.2, -0.15) is 0 Å². The Balaban J connectivity index is -0.000000125. The molecule has 13 nitrogen and oxygen atoms in total. The van der Waals surface area contributed by atoms with Crippen LogP contribution in [-0.2, 0) is 38.1 Å². The fourth-order valence-corrected chi connectivity index (χ4v) is 3.53. The molecule has 4 unspecified atom stereocenters. The molecule has 0 aromatic rings. The summed E-state index contributed by atoms with van der Waals surface area (Å²) in [5.41, 5.74) is 10.8. The Morgan fingerprint density at radius 1 is 0.600 bits per heavy atom. The number of nitrogens with zero attached hydrogens (tertiary/aromatic N) is 2. The molecule has 304 valence electrons. The van der Waals surface area contributed by atoms with Crippen molar-refractivity contribution in [2.45, 2.75) is 133 Å². The average molecular weight is 747 g/mol. The summed E-state index contributed by atoms with van der Waals surface area (Å²) in [6.07, 6.45) is 3.03. The third-order valence-electron chi connectivity index (χ3n) is 6.29. The van der Waals surface area contributed by atoms with E-state index in [1.54, 1.807) is 0 Å². The smallest absolute Gasteiger partial charge is 0.323 e. The van der Waals surface area contributed by atoms with Crippen LogP contribution in [-0.4, -0.2) is 118 Å². The van der Waals surface area contributed by atoms with Crippen LogP contribution in [0.3, 0.4) is 0 Å². The minimum Gasteiger partial charge on any atom is -0.465 e. The van der Waals surface area contributed by atoms with Gasteiger partial charge in [-0.25, -0.2) is 0 Å². The summed E-state index contributed by atoms with van der Waals surface area (Å²) >= 11 is 0. The van der Waals surface area contributed by atoms with Crippen molar-refractivity contribution in [2.24, 2.45) is 35.1 Å². The van der Waals surface area contributed by atoms with Gasteiger partial charge in [0.05, 0.1) is 19.8 Å². The van der Waals surface area contributed by atoms with Crippen molar-refractivity contribution in [2.75, 3.05) is 54.6 Å². The SMILES string of the molecule is CC(C)C(N)OC=O.CCCO.CCCOC(=O)C(C(C)C)N(C)C.CCCOC(=O)C(C(C)C)N(C)C.CCCOC(=O)C(N)C(C)C.Cl. The standard InChI is InChI=1S/2C10H21NO2.C8H17NO2.C5H11NO2.C3H8O.ClH/c2*1-6-7-13-10(12)9(8(2)3)11(4)5;1-4-5-11-8(10)7(9)6(2)3;1-4(2)5(6)8-3-7;1-2-3-4;/h2*8-9H,6-7H2,1-5H3;6-7H,4-5,9H2,1-3H3;3-5H,6H2,1-2H3;4H,2-3H2,1H3;1H. The number of esters is 3. The van der Waals surface area contributed by atoms with E-state index in [2.05, 4.69) is 4.74 Å². The molecule has 0 radical (unpaired) electrons. The number of hydrogen-bond acceptors (Lipinski definition) is 13. The molecule has 0 fully saturated rings. The molecule has 0 spiro atoms. The Morgan fingerprint density at radius 3 is 1.06 bits per heavy atom. The first-order chi connectivity index (χ1) is 22.7. The van der Waals surface area contributed by atoms with Crippen LogP contribution in [0.1, 0.15) is 109 Å². The van der Waals surface area contributed by atoms with Crippen molar-refractivity contribution in [3.05, 3.63) is 0 Å². The van der Waals surface area contributed by atoms with Crippen LogP contribution in [0.15, 0.2) is 0 Å². The van der Waals surface area contributed by atoms with Gasteiger partial charge in [0.25, 0.3) is 6.47 Å². The van der Waals surface area contributed by atoms with Crippen LogP contribution in [0, 0.1) is 23.7 Å². The van der Waals surface area contributed by atoms with E-state index in [0.717, 1.165) is 25.7 Å². The minimum absolute atomic E-state index is 0. The van der Waals surface area contributed by atoms with Crippen LogP contribution < -0.4 is 11.5 Å². The Labute approximate surface area is 312 Å². The number of nitrogens with two attached hydrogens (primary N) is 2. The van der Waals surface area contributed by atoms with Gasteiger partial charge in [-0.3, -0.25) is 34.7 Å². The number of rotatable bonds is 18. The Morgan fingerprint density at radius 2 is 0.900 bits per heavy atom. The first-order valence-corrected chi connectivity index (χ1v) is 17.7. The molecule has 0 amide bonds. The average Bonchev–Trinajstić information content (AvgIpc) is 3.01. The number of aliphatic hydroxyl groups excluding tert-OH is 1. The maximum Gasteiger partial charge on any atom is 0.323 e. The van der Waals surface area contributed by atoms with Gasteiger partial charge in [-0.05, 0) is 71.6 Å². The highest BCUT2D eigenvalue weighted by molar-refractivity contribution is 5.85. The van der Waals surface area contributed by atoms with Crippen molar-refractivity contribution >= 4 is 36.8 Å². The Bertz CT molecular complexity index is 733. The maximum absolute atomic E-state index is 11.5. The van der Waals surface area contributed by atoms with E-state index in [-0.39, 0.29) is 54.2 Å². The third-order valence-corrected chi connectivity index (χ3v) is 6.29. The van der Waals surface area contributed by atoms with Crippen molar-refractivity contribution in [1.29, 1.82) is 0 Å². The zero-order valence-corrected chi connectivity index (χ0v) is 35.3. The second-order valence-electron chi connectivity index (χ2n) is 13.2. The molecule has 0 saturated carbocycles. The molecule has 4 atom stereocenters. The third kappa shape index (κ3) is 37.2. The van der Waals surface area contributed by atoms with Crippen LogP contribution in [0.5, 0.6) is 0 Å². The molecule has 0 rings (SSSR count). The number of hydrogen-bond donors (Lipinski definition) is 3. The van der Waals surface area contributed by atoms with E-state index in [1.165, 1.54) is 0 Å². The molecule has 0 saturated heterocycles. The Kier molecular flexibility index (Phi) is 47.8. The van der Waals surface area contributed by atoms with Crippen molar-refractivity contribution in [3.8, 4) is 0 Å². The summed E-state index contributed by atoms with van der Waals surface area (Å²) in [5, 5.41) is 7.88. The highest BCUT2D eigenvalue weighted by Crippen LogP contribution is 2.10. The number of halogens is 1. The zero-order chi connectivity index (χ0) is 39.7. The van der Waals surface area contributed by atoms with Crippen LogP contribution in [0.4, 0.5) is 0 Å². The first kappa shape index (κ1) is 60.1. The lowest BCUT2D eigenvalue weighted by Gasteiger charge is -2.25. The van der Waals surface area contributed by atoms with Crippen molar-refractivity contribution < 1.29 is 43.2 Å². The second-order valence-corrected chi connectivity index (χ2v) is 13.2. The summed E-state index contributed by atoms with van der Waals surface area (Å²) in [6, 6.07) is -0.709. The highest BCUT2D eigenvalue weighted by atomic mass is 35.5. The molecule has 5 N–H and O–H groups in total. The summed E-state index contributed by atoms with van der Waals surface area (Å²) in [4.78, 5) is 47.5. The van der Waals surface area contributed by atoms with Gasteiger partial charge >= 0.3 is 17.9 Å². The topological polar surface area (TPSA) is 184 Å². The van der Waals surface area contributed by atoms with E-state index in [9.17, 15) is 19.2 Å². The second kappa shape index (κ2) is 39.8. The molecule has 0 bridgehead atoms. The first-order valence-electron chi connectivity index (χ1n) is 17.7. The lowest BCUT2D eigenvalue weighted by Crippen LogP contribution is -2.41. The van der Waals surface area contributed by atoms with E-state index >= 15 is 0 Å². The largest absolute Gasteiger partial charge is 0.465 e. The van der Waals surface area contributed by atoms with Crippen molar-refractivity contribution in [3.63, 3.8) is 0 Å². The van der Waals surface area contributed by atoms with Gasteiger partial charge < -0.3 is 29.8 Å². The fourth-order valence-electron chi connectivity index (χ4n) is 3.53. The molecular formula is C36H79ClN4O9. The van der Waals surface area contributed by atoms with Gasteiger partial charge in [0.15, 0.2) is 6.23 Å². The predicted molar refractivity (Wildman–Crippen MR) is 206 cm³/mol. The molecule has 50 heavy (non-hydrogen) atoms. The zero-order valence-electron chi connectivity index (χ0n) is 34.5. The van der Waals surface area contributed by atoms with E-state index < -0.39 is 12.3 Å². The lowest BCUT2D eigenvalue weighted by molar-refractivity contribution is -0.151. The summed E-state index contributed by atoms with van der Waals surface area (Å²) < 4.78 is 19.4. The highest BCUT2D eigenvalue weighted by Gasteiger charge is 2.26. The summed E-state index contributed by atoms with van der Waals surface area (Å²) in [5.74, 6) is 0.420. The predicted octanol–water partition coefficient (Wildman–Crippen LogP) is 4.89. The van der Waals surface area contributed by atoms with Crippen LogP contribution in [0.25, 0.3) is 0 Å². The maximum atomic E-state index is 11.5. The van der Waals surface area contributed by atoms with Gasteiger partial charge in [-0.15, -0.1) is 12.4 Å². The van der Waals surface area contributed by atoms with Gasteiger partial charge in [-0.1, -0.05) is 83.1 Å². The van der Waals surface area contributed by atoms with Crippen molar-refractivity contribution in [1.82, 2.24) is 9.80 Å². The van der Waals surface area contributed by atoms with E-state index in [0.29, 0.717) is 44.7 Å². The van der Waals surface area contributed by atoms with E-state index in [1.807, 2.05) is 121 Å². The number of likely N-dealkylation sites (N-methyl/N-ethyl adjacent to an activating group) is 2. The number of aliphatic hydroxyl groups is 1. The van der Waals surface area contributed by atoms with Gasteiger partial charge in [0.1, 0.15) is 18.1 Å². The molecule has 0 aromatic heterocycles. The number of carbonyl (C=O) groups excluding carboxylic acids is 4.